The Morgan fingerprint density at radius 2 is 1.20 bits per heavy atom. The van der Waals surface area contributed by atoms with E-state index in [1.54, 1.807) is 0 Å². The van der Waals surface area contributed by atoms with Crippen LogP contribution in [0.3, 0.4) is 0 Å². The molecule has 0 bridgehead atoms. The van der Waals surface area contributed by atoms with Crippen molar-refractivity contribution in [1.29, 1.82) is 0 Å². The molecule has 0 radical (unpaired) electrons. The van der Waals surface area contributed by atoms with Crippen LogP contribution in [0.4, 0.5) is 0 Å². The second-order valence-electron chi connectivity index (χ2n) is 3.20. The van der Waals surface area contributed by atoms with E-state index in [2.05, 4.69) is 0 Å². The fourth-order valence-corrected chi connectivity index (χ4v) is 38.2. The van der Waals surface area contributed by atoms with Crippen molar-refractivity contribution < 1.29 is 1.78 Å². The third-order valence-corrected chi connectivity index (χ3v) is 35.1. The van der Waals surface area contributed by atoms with Gasteiger partial charge in [0.25, 0.3) is 0 Å². The summed E-state index contributed by atoms with van der Waals surface area (Å²) in [5, 5.41) is 0. The molecule has 2 nitrogen and oxygen atoms in total. The van der Waals surface area contributed by atoms with Gasteiger partial charge in [-0.25, -0.2) is 0 Å². The van der Waals surface area contributed by atoms with E-state index in [1.807, 2.05) is 0 Å². The van der Waals surface area contributed by atoms with Crippen LogP contribution in [0.25, 0.3) is 0 Å². The molecule has 3 aliphatic rings. The minimum atomic E-state index is -1.52. The average Bonchev–Trinajstić information content (AvgIpc) is 2.51. The molecule has 0 unspecified atom stereocenters. The molecule has 0 amide bonds. The molecule has 4 heteroatoms. The van der Waals surface area contributed by atoms with Gasteiger partial charge in [-0.05, 0) is 0 Å². The first-order valence-corrected chi connectivity index (χ1v) is 13.6. The summed E-state index contributed by atoms with van der Waals surface area (Å²) >= 11 is -3.05. The van der Waals surface area contributed by atoms with Crippen LogP contribution < -0.4 is 0 Å². The van der Waals surface area contributed by atoms with Crippen LogP contribution in [0.15, 0.2) is 0 Å². The van der Waals surface area contributed by atoms with Crippen molar-refractivity contribution in [3.8, 4) is 0 Å². The number of hydrogen-bond acceptors (Lipinski definition) is 2. The summed E-state index contributed by atoms with van der Waals surface area (Å²) in [4.78, 5) is 0. The maximum absolute atomic E-state index is 5.97. The third kappa shape index (κ3) is 1.30. The normalized spacial score (nSPS) is 36.0. The van der Waals surface area contributed by atoms with E-state index in [-0.39, 0.29) is 0 Å². The van der Waals surface area contributed by atoms with Crippen LogP contribution in [-0.2, 0) is 1.78 Å². The Morgan fingerprint density at radius 1 is 0.800 bits per heavy atom. The third-order valence-electron chi connectivity index (χ3n) is 2.01. The van der Waals surface area contributed by atoms with E-state index in [9.17, 15) is 0 Å². The fourth-order valence-electron chi connectivity index (χ4n) is 1.00. The molecule has 0 aromatic carbocycles. The molecule has 0 N–H and O–H groups in total. The Labute approximate surface area is 79.1 Å². The van der Waals surface area contributed by atoms with Gasteiger partial charge in [-0.3, -0.25) is 0 Å². The summed E-state index contributed by atoms with van der Waals surface area (Å²) in [7, 11) is 0. The summed E-state index contributed by atoms with van der Waals surface area (Å²) in [6.07, 6.45) is 5.78. The van der Waals surface area contributed by atoms with Crippen molar-refractivity contribution >= 4 is 45.3 Å². The zero-order valence-electron chi connectivity index (χ0n) is 5.69. The van der Waals surface area contributed by atoms with Gasteiger partial charge >= 0.3 is 80.0 Å². The standard InChI is InChI=1S/2C3H5.2Bi.2O/c2*1-2-3-1;;;;/h2*1H,2-3H2;;;;. The van der Waals surface area contributed by atoms with E-state index in [1.165, 1.54) is 25.7 Å². The van der Waals surface area contributed by atoms with Crippen molar-refractivity contribution in [1.82, 2.24) is 0 Å². The zero-order chi connectivity index (χ0) is 6.55. The van der Waals surface area contributed by atoms with Crippen LogP contribution in [0.1, 0.15) is 25.7 Å². The monoisotopic (exact) mass is 532 g/mol. The van der Waals surface area contributed by atoms with Crippen molar-refractivity contribution in [3.05, 3.63) is 0 Å². The van der Waals surface area contributed by atoms with Gasteiger partial charge < -0.3 is 0 Å². The van der Waals surface area contributed by atoms with Gasteiger partial charge in [0.2, 0.25) is 0 Å². The van der Waals surface area contributed by atoms with Crippen LogP contribution in [-0.4, -0.2) is 45.3 Å². The van der Waals surface area contributed by atoms with E-state index >= 15 is 0 Å². The van der Waals surface area contributed by atoms with E-state index in [0.29, 0.717) is 0 Å². The second kappa shape index (κ2) is 2.59. The molecule has 0 spiro atoms. The van der Waals surface area contributed by atoms with E-state index < -0.39 is 45.3 Å². The maximum atomic E-state index is 5.97. The summed E-state index contributed by atoms with van der Waals surface area (Å²) < 4.78 is 14.0. The SMILES string of the molecule is C1C[CH]1[Bi]1[O][Bi]([CH]2CC2)[O]1. The molecule has 0 aromatic rings. The molecular formula is C6H10Bi2O2. The Morgan fingerprint density at radius 3 is 1.50 bits per heavy atom. The fraction of sp³-hybridized carbons (Fsp3) is 1.00. The van der Waals surface area contributed by atoms with Crippen molar-refractivity contribution in [2.45, 2.75) is 32.9 Å². The molecular weight excluding hydrogens is 522 g/mol. The van der Waals surface area contributed by atoms with Gasteiger partial charge in [0.05, 0.1) is 0 Å². The van der Waals surface area contributed by atoms with Gasteiger partial charge in [-0.15, -0.1) is 0 Å². The molecule has 10 heavy (non-hydrogen) atoms. The average molecular weight is 532 g/mol. The van der Waals surface area contributed by atoms with Gasteiger partial charge in [0.15, 0.2) is 0 Å². The molecule has 56 valence electrons. The molecule has 2 saturated carbocycles. The molecule has 1 saturated heterocycles. The molecule has 0 aromatic heterocycles. The molecule has 1 heterocycles. The van der Waals surface area contributed by atoms with Crippen LogP contribution >= 0.6 is 0 Å². The molecule has 3 fully saturated rings. The Balaban J connectivity index is 1.51. The topological polar surface area (TPSA) is 18.5 Å². The molecule has 2 aliphatic carbocycles. The summed E-state index contributed by atoms with van der Waals surface area (Å²) in [5.74, 6) is 0. The van der Waals surface area contributed by atoms with Crippen molar-refractivity contribution in [2.24, 2.45) is 0 Å². The number of hydrogen-bond donors (Lipinski definition) is 0. The molecule has 0 atom stereocenters. The van der Waals surface area contributed by atoms with Crippen molar-refractivity contribution in [3.63, 3.8) is 0 Å². The predicted molar refractivity (Wildman–Crippen MR) is 39.6 cm³/mol. The summed E-state index contributed by atoms with van der Waals surface area (Å²) in [6, 6.07) is 0. The molecule has 1 aliphatic heterocycles. The Hall–Kier alpha value is 1.69. The summed E-state index contributed by atoms with van der Waals surface area (Å²) in [5.41, 5.74) is 0. The quantitative estimate of drug-likeness (QED) is 0.501. The zero-order valence-corrected chi connectivity index (χ0v) is 12.6. The van der Waals surface area contributed by atoms with Crippen LogP contribution in [0.2, 0.25) is 7.25 Å². The second-order valence-corrected chi connectivity index (χ2v) is 25.7. The predicted octanol–water partition coefficient (Wildman–Crippen LogP) is 1.34. The first kappa shape index (κ1) is 7.12. The van der Waals surface area contributed by atoms with Crippen LogP contribution in [0, 0.1) is 0 Å². The van der Waals surface area contributed by atoms with Gasteiger partial charge in [0, 0.05) is 0 Å². The van der Waals surface area contributed by atoms with Gasteiger partial charge in [-0.2, -0.15) is 0 Å². The Kier molecular flexibility index (Phi) is 1.84. The van der Waals surface area contributed by atoms with Crippen molar-refractivity contribution in [2.75, 3.05) is 0 Å². The first-order valence-electron chi connectivity index (χ1n) is 3.88. The first-order chi connectivity index (χ1) is 4.93. The minimum absolute atomic E-state index is 1.01. The van der Waals surface area contributed by atoms with E-state index in [4.69, 9.17) is 1.78 Å². The van der Waals surface area contributed by atoms with Gasteiger partial charge in [0.1, 0.15) is 0 Å². The Bertz CT molecular complexity index is 134. The van der Waals surface area contributed by atoms with E-state index in [0.717, 1.165) is 7.25 Å². The molecule has 3 rings (SSSR count). The number of rotatable bonds is 2. The summed E-state index contributed by atoms with van der Waals surface area (Å²) in [6.45, 7) is 0. The van der Waals surface area contributed by atoms with Gasteiger partial charge in [-0.1, -0.05) is 0 Å². The van der Waals surface area contributed by atoms with Crippen LogP contribution in [0.5, 0.6) is 0 Å².